The Hall–Kier alpha value is -0.610. The van der Waals surface area contributed by atoms with Crippen molar-refractivity contribution in [3.63, 3.8) is 0 Å². The van der Waals surface area contributed by atoms with Gasteiger partial charge in [0.1, 0.15) is 0 Å². The number of carbonyl (C=O) groups is 1. The van der Waals surface area contributed by atoms with Crippen LogP contribution in [0.1, 0.15) is 33.1 Å². The van der Waals surface area contributed by atoms with Crippen molar-refractivity contribution in [2.75, 3.05) is 40.9 Å². The van der Waals surface area contributed by atoms with Gasteiger partial charge in [-0.3, -0.25) is 4.79 Å². The molecule has 0 spiro atoms. The first-order valence-electron chi connectivity index (χ1n) is 6.29. The lowest BCUT2D eigenvalue weighted by molar-refractivity contribution is -0.128. The maximum absolute atomic E-state index is 11.3. The predicted octanol–water partition coefficient (Wildman–Crippen LogP) is 1.51. The SMILES string of the molecule is COCCC(C)(C)CNCCCC(=O)N(C)C. The van der Waals surface area contributed by atoms with Crippen LogP contribution in [0.4, 0.5) is 0 Å². The zero-order chi connectivity index (χ0) is 13.3. The van der Waals surface area contributed by atoms with Gasteiger partial charge in [0.05, 0.1) is 0 Å². The van der Waals surface area contributed by atoms with Crippen LogP contribution in [0.5, 0.6) is 0 Å². The van der Waals surface area contributed by atoms with Crippen molar-refractivity contribution in [1.29, 1.82) is 0 Å². The molecule has 0 atom stereocenters. The zero-order valence-corrected chi connectivity index (χ0v) is 12.0. The van der Waals surface area contributed by atoms with Gasteiger partial charge in [-0.1, -0.05) is 13.8 Å². The van der Waals surface area contributed by atoms with E-state index in [2.05, 4.69) is 19.2 Å². The van der Waals surface area contributed by atoms with Gasteiger partial charge in [-0.2, -0.15) is 0 Å². The van der Waals surface area contributed by atoms with Gasteiger partial charge in [0, 0.05) is 40.8 Å². The molecule has 0 aromatic heterocycles. The number of nitrogens with one attached hydrogen (secondary N) is 1. The van der Waals surface area contributed by atoms with Crippen molar-refractivity contribution in [1.82, 2.24) is 10.2 Å². The monoisotopic (exact) mass is 244 g/mol. The Balaban J connectivity index is 3.53. The Bertz CT molecular complexity index is 215. The Morgan fingerprint density at radius 1 is 1.35 bits per heavy atom. The quantitative estimate of drug-likeness (QED) is 0.625. The number of amides is 1. The first kappa shape index (κ1) is 16.4. The van der Waals surface area contributed by atoms with Gasteiger partial charge in [-0.15, -0.1) is 0 Å². The van der Waals surface area contributed by atoms with E-state index in [1.807, 2.05) is 0 Å². The van der Waals surface area contributed by atoms with Crippen molar-refractivity contribution in [3.05, 3.63) is 0 Å². The maximum atomic E-state index is 11.3. The fourth-order valence-corrected chi connectivity index (χ4v) is 1.48. The number of nitrogens with zero attached hydrogens (tertiary/aromatic N) is 1. The summed E-state index contributed by atoms with van der Waals surface area (Å²) in [7, 11) is 5.32. The molecule has 0 unspecified atom stereocenters. The minimum absolute atomic E-state index is 0.199. The average molecular weight is 244 g/mol. The number of methoxy groups -OCH3 is 1. The van der Waals surface area contributed by atoms with Crippen LogP contribution in [0.15, 0.2) is 0 Å². The summed E-state index contributed by atoms with van der Waals surface area (Å²) in [5, 5.41) is 3.40. The normalized spacial score (nSPS) is 11.6. The molecule has 0 rings (SSSR count). The van der Waals surface area contributed by atoms with Crippen LogP contribution in [0.2, 0.25) is 0 Å². The molecule has 4 heteroatoms. The van der Waals surface area contributed by atoms with Gasteiger partial charge in [-0.25, -0.2) is 0 Å². The van der Waals surface area contributed by atoms with E-state index in [1.165, 1.54) is 0 Å². The molecular formula is C13H28N2O2. The Morgan fingerprint density at radius 3 is 2.53 bits per heavy atom. The van der Waals surface area contributed by atoms with Crippen LogP contribution >= 0.6 is 0 Å². The highest BCUT2D eigenvalue weighted by atomic mass is 16.5. The molecule has 0 aromatic rings. The van der Waals surface area contributed by atoms with E-state index in [9.17, 15) is 4.79 Å². The highest BCUT2D eigenvalue weighted by Gasteiger charge is 2.16. The van der Waals surface area contributed by atoms with E-state index >= 15 is 0 Å². The lowest BCUT2D eigenvalue weighted by atomic mass is 9.90. The molecule has 17 heavy (non-hydrogen) atoms. The van der Waals surface area contributed by atoms with Gasteiger partial charge >= 0.3 is 0 Å². The van der Waals surface area contributed by atoms with Crippen molar-refractivity contribution in [3.8, 4) is 0 Å². The third-order valence-electron chi connectivity index (χ3n) is 2.83. The first-order valence-corrected chi connectivity index (χ1v) is 6.29. The van der Waals surface area contributed by atoms with Crippen LogP contribution in [0.3, 0.4) is 0 Å². The molecule has 0 aromatic carbocycles. The fourth-order valence-electron chi connectivity index (χ4n) is 1.48. The molecule has 0 fully saturated rings. The van der Waals surface area contributed by atoms with Gasteiger partial charge in [0.2, 0.25) is 5.91 Å². The molecule has 0 bridgehead atoms. The molecule has 0 saturated heterocycles. The summed E-state index contributed by atoms with van der Waals surface area (Å²) >= 11 is 0. The molecule has 0 radical (unpaired) electrons. The number of hydrogen-bond acceptors (Lipinski definition) is 3. The summed E-state index contributed by atoms with van der Waals surface area (Å²) in [6, 6.07) is 0. The molecule has 1 amide bonds. The van der Waals surface area contributed by atoms with Gasteiger partial charge in [0.15, 0.2) is 0 Å². The summed E-state index contributed by atoms with van der Waals surface area (Å²) in [5.74, 6) is 0.199. The second kappa shape index (κ2) is 8.48. The zero-order valence-electron chi connectivity index (χ0n) is 12.0. The Kier molecular flexibility index (Phi) is 8.17. The Labute approximate surface area is 106 Å². The summed E-state index contributed by atoms with van der Waals surface area (Å²) < 4.78 is 5.09. The average Bonchev–Trinajstić information content (AvgIpc) is 2.25. The molecule has 4 nitrogen and oxygen atoms in total. The minimum Gasteiger partial charge on any atom is -0.385 e. The molecule has 0 aliphatic rings. The highest BCUT2D eigenvalue weighted by Crippen LogP contribution is 2.18. The third-order valence-corrected chi connectivity index (χ3v) is 2.83. The van der Waals surface area contributed by atoms with E-state index in [4.69, 9.17) is 4.74 Å². The maximum Gasteiger partial charge on any atom is 0.222 e. The minimum atomic E-state index is 0.199. The predicted molar refractivity (Wildman–Crippen MR) is 71.1 cm³/mol. The molecule has 0 aliphatic heterocycles. The highest BCUT2D eigenvalue weighted by molar-refractivity contribution is 5.75. The molecule has 102 valence electrons. The molecule has 0 heterocycles. The fraction of sp³-hybridized carbons (Fsp3) is 0.923. The number of hydrogen-bond donors (Lipinski definition) is 1. The van der Waals surface area contributed by atoms with Crippen molar-refractivity contribution < 1.29 is 9.53 Å². The smallest absolute Gasteiger partial charge is 0.222 e. The van der Waals surface area contributed by atoms with Gasteiger partial charge in [0.25, 0.3) is 0 Å². The standard InChI is InChI=1S/C13H28N2O2/c1-13(2,8-10-17-5)11-14-9-6-7-12(16)15(3)4/h14H,6-11H2,1-5H3. The van der Waals surface area contributed by atoms with Gasteiger partial charge < -0.3 is 15.0 Å². The Morgan fingerprint density at radius 2 is 2.00 bits per heavy atom. The van der Waals surface area contributed by atoms with Crippen LogP contribution in [-0.4, -0.2) is 51.7 Å². The van der Waals surface area contributed by atoms with Crippen LogP contribution in [-0.2, 0) is 9.53 Å². The molecule has 0 aliphatic carbocycles. The van der Waals surface area contributed by atoms with E-state index in [0.29, 0.717) is 6.42 Å². The van der Waals surface area contributed by atoms with Crippen molar-refractivity contribution in [2.45, 2.75) is 33.1 Å². The number of ether oxygens (including phenoxy) is 1. The van der Waals surface area contributed by atoms with Crippen LogP contribution in [0, 0.1) is 5.41 Å². The second-order valence-corrected chi connectivity index (χ2v) is 5.48. The lowest BCUT2D eigenvalue weighted by Gasteiger charge is -2.24. The topological polar surface area (TPSA) is 41.6 Å². The molecular weight excluding hydrogens is 216 g/mol. The number of rotatable bonds is 9. The lowest BCUT2D eigenvalue weighted by Crippen LogP contribution is -2.31. The van der Waals surface area contributed by atoms with E-state index in [0.717, 1.165) is 32.5 Å². The van der Waals surface area contributed by atoms with Crippen LogP contribution in [0.25, 0.3) is 0 Å². The summed E-state index contributed by atoms with van der Waals surface area (Å²) in [4.78, 5) is 13.0. The van der Waals surface area contributed by atoms with E-state index in [1.54, 1.807) is 26.1 Å². The molecule has 0 saturated carbocycles. The van der Waals surface area contributed by atoms with Crippen molar-refractivity contribution in [2.24, 2.45) is 5.41 Å². The first-order chi connectivity index (χ1) is 7.89. The van der Waals surface area contributed by atoms with E-state index < -0.39 is 0 Å². The summed E-state index contributed by atoms with van der Waals surface area (Å²) in [5.41, 5.74) is 0.252. The largest absolute Gasteiger partial charge is 0.385 e. The van der Waals surface area contributed by atoms with Crippen molar-refractivity contribution >= 4 is 5.91 Å². The van der Waals surface area contributed by atoms with Gasteiger partial charge in [-0.05, 0) is 24.8 Å². The summed E-state index contributed by atoms with van der Waals surface area (Å²) in [6.45, 7) is 7.12. The third kappa shape index (κ3) is 9.12. The van der Waals surface area contributed by atoms with Crippen LogP contribution < -0.4 is 5.32 Å². The number of carbonyl (C=O) groups excluding carboxylic acids is 1. The van der Waals surface area contributed by atoms with E-state index in [-0.39, 0.29) is 11.3 Å². The molecule has 1 N–H and O–H groups in total. The second-order valence-electron chi connectivity index (χ2n) is 5.48. The summed E-state index contributed by atoms with van der Waals surface area (Å²) in [6.07, 6.45) is 2.57.